The quantitative estimate of drug-likeness (QED) is 0.610. The molecule has 1 aromatic carbocycles. The lowest BCUT2D eigenvalue weighted by Crippen LogP contribution is -2.54. The molecular weight excluding hydrogens is 378 g/mol. The van der Waals surface area contributed by atoms with Gasteiger partial charge in [0.1, 0.15) is 5.57 Å². The van der Waals surface area contributed by atoms with Crippen LogP contribution in [0.2, 0.25) is 5.02 Å². The summed E-state index contributed by atoms with van der Waals surface area (Å²) in [5.41, 5.74) is 3.48. The van der Waals surface area contributed by atoms with E-state index in [0.29, 0.717) is 11.4 Å². The third-order valence-corrected chi connectivity index (χ3v) is 5.03. The van der Waals surface area contributed by atoms with Gasteiger partial charge in [0.15, 0.2) is 0 Å². The van der Waals surface area contributed by atoms with E-state index in [1.54, 1.807) is 6.08 Å². The van der Waals surface area contributed by atoms with Crippen molar-refractivity contribution in [2.75, 3.05) is 6.54 Å². The Hall–Kier alpha value is -2.86. The predicted molar refractivity (Wildman–Crippen MR) is 108 cm³/mol. The normalized spacial score (nSPS) is 16.1. The van der Waals surface area contributed by atoms with Crippen LogP contribution in [-0.4, -0.2) is 33.9 Å². The third-order valence-electron chi connectivity index (χ3n) is 4.78. The minimum Gasteiger partial charge on any atom is -0.318 e. The number of hydrogen-bond acceptors (Lipinski definition) is 3. The summed E-state index contributed by atoms with van der Waals surface area (Å²) in [6, 6.07) is 8.68. The number of aromatic nitrogens is 1. The molecule has 3 rings (SSSR count). The van der Waals surface area contributed by atoms with Crippen molar-refractivity contribution in [3.8, 4) is 5.69 Å². The van der Waals surface area contributed by atoms with Gasteiger partial charge in [-0.15, -0.1) is 0 Å². The molecule has 2 heterocycles. The number of unbranched alkanes of at least 4 members (excludes halogenated alkanes) is 1. The van der Waals surface area contributed by atoms with E-state index in [0.717, 1.165) is 34.0 Å². The van der Waals surface area contributed by atoms with Gasteiger partial charge in [-0.1, -0.05) is 24.9 Å². The number of imide groups is 2. The number of rotatable bonds is 5. The van der Waals surface area contributed by atoms with Crippen molar-refractivity contribution < 1.29 is 14.4 Å². The maximum atomic E-state index is 12.7. The van der Waals surface area contributed by atoms with Crippen LogP contribution < -0.4 is 5.32 Å². The second-order valence-corrected chi connectivity index (χ2v) is 7.20. The van der Waals surface area contributed by atoms with Gasteiger partial charge >= 0.3 is 6.03 Å². The zero-order chi connectivity index (χ0) is 20.4. The smallest absolute Gasteiger partial charge is 0.318 e. The summed E-state index contributed by atoms with van der Waals surface area (Å²) < 4.78 is 2.02. The monoisotopic (exact) mass is 399 g/mol. The molecule has 0 spiro atoms. The second-order valence-electron chi connectivity index (χ2n) is 6.77. The number of carbonyl (C=O) groups is 3. The lowest BCUT2D eigenvalue weighted by Gasteiger charge is -2.26. The van der Waals surface area contributed by atoms with Gasteiger partial charge < -0.3 is 4.57 Å². The standard InChI is InChI=1S/C21H22ClN3O3/c1-4-5-10-24-20(27)18(19(26)23-21(24)28)12-15-11-13(2)25(14(15)3)17-8-6-16(22)7-9-17/h6-9,11-12H,4-5,10H2,1-3H3,(H,23,26,28). The minimum atomic E-state index is -0.668. The van der Waals surface area contributed by atoms with Gasteiger partial charge in [0.25, 0.3) is 11.8 Å². The molecule has 7 heteroatoms. The maximum absolute atomic E-state index is 12.7. The van der Waals surface area contributed by atoms with E-state index < -0.39 is 17.8 Å². The van der Waals surface area contributed by atoms with Crippen molar-refractivity contribution >= 4 is 35.5 Å². The topological polar surface area (TPSA) is 71.4 Å². The van der Waals surface area contributed by atoms with Gasteiger partial charge in [-0.05, 0) is 62.2 Å². The number of aryl methyl sites for hydroxylation is 1. The Kier molecular flexibility index (Phi) is 5.70. The Balaban J connectivity index is 1.99. The Morgan fingerprint density at radius 2 is 1.79 bits per heavy atom. The fraction of sp³-hybridized carbons (Fsp3) is 0.286. The number of urea groups is 1. The van der Waals surface area contributed by atoms with Crippen LogP contribution in [-0.2, 0) is 9.59 Å². The number of carbonyl (C=O) groups excluding carboxylic acids is 3. The number of nitrogens with one attached hydrogen (secondary N) is 1. The highest BCUT2D eigenvalue weighted by atomic mass is 35.5. The van der Waals surface area contributed by atoms with E-state index >= 15 is 0 Å². The molecule has 1 aliphatic heterocycles. The average Bonchev–Trinajstić information content (AvgIpc) is 2.93. The van der Waals surface area contributed by atoms with Crippen LogP contribution in [0.15, 0.2) is 35.9 Å². The SMILES string of the molecule is CCCCN1C(=O)NC(=O)C(=Cc2cc(C)n(-c3ccc(Cl)cc3)c2C)C1=O. The number of halogens is 1. The molecule has 2 aromatic rings. The largest absolute Gasteiger partial charge is 0.331 e. The Morgan fingerprint density at radius 1 is 1.11 bits per heavy atom. The Bertz CT molecular complexity index is 974. The zero-order valence-corrected chi connectivity index (χ0v) is 16.8. The molecule has 0 bridgehead atoms. The first kappa shape index (κ1) is 19.9. The molecule has 4 amide bonds. The van der Waals surface area contributed by atoms with Crippen LogP contribution in [0.25, 0.3) is 11.8 Å². The van der Waals surface area contributed by atoms with Gasteiger partial charge in [-0.2, -0.15) is 0 Å². The molecule has 0 atom stereocenters. The lowest BCUT2D eigenvalue weighted by atomic mass is 10.1. The highest BCUT2D eigenvalue weighted by Crippen LogP contribution is 2.25. The lowest BCUT2D eigenvalue weighted by molar-refractivity contribution is -0.130. The van der Waals surface area contributed by atoms with E-state index in [1.807, 2.05) is 55.7 Å². The molecule has 1 fully saturated rings. The van der Waals surface area contributed by atoms with Gasteiger partial charge in [0.2, 0.25) is 0 Å². The molecule has 1 saturated heterocycles. The molecule has 1 N–H and O–H groups in total. The molecule has 28 heavy (non-hydrogen) atoms. The zero-order valence-electron chi connectivity index (χ0n) is 16.1. The molecule has 6 nitrogen and oxygen atoms in total. The summed E-state index contributed by atoms with van der Waals surface area (Å²) in [7, 11) is 0. The molecule has 146 valence electrons. The maximum Gasteiger partial charge on any atom is 0.331 e. The fourth-order valence-corrected chi connectivity index (χ4v) is 3.42. The predicted octanol–water partition coefficient (Wildman–Crippen LogP) is 4.01. The number of hydrogen-bond donors (Lipinski definition) is 1. The molecule has 1 aliphatic rings. The minimum absolute atomic E-state index is 0.0351. The summed E-state index contributed by atoms with van der Waals surface area (Å²) in [6.07, 6.45) is 3.08. The van der Waals surface area contributed by atoms with Gasteiger partial charge in [0, 0.05) is 28.6 Å². The highest BCUT2D eigenvalue weighted by molar-refractivity contribution is 6.31. The van der Waals surface area contributed by atoms with Crippen LogP contribution in [0.1, 0.15) is 36.7 Å². The third kappa shape index (κ3) is 3.73. The van der Waals surface area contributed by atoms with Crippen molar-refractivity contribution in [3.05, 3.63) is 57.9 Å². The van der Waals surface area contributed by atoms with Crippen LogP contribution in [0.5, 0.6) is 0 Å². The molecule has 0 saturated carbocycles. The molecule has 0 radical (unpaired) electrons. The van der Waals surface area contributed by atoms with Crippen molar-refractivity contribution in [2.24, 2.45) is 0 Å². The summed E-state index contributed by atoms with van der Waals surface area (Å²) >= 11 is 5.97. The molecule has 0 unspecified atom stereocenters. The summed E-state index contributed by atoms with van der Waals surface area (Å²) in [4.78, 5) is 38.1. The van der Waals surface area contributed by atoms with Crippen molar-refractivity contribution in [1.29, 1.82) is 0 Å². The van der Waals surface area contributed by atoms with Crippen molar-refractivity contribution in [1.82, 2.24) is 14.8 Å². The number of nitrogens with zero attached hydrogens (tertiary/aromatic N) is 2. The Morgan fingerprint density at radius 3 is 2.43 bits per heavy atom. The van der Waals surface area contributed by atoms with Gasteiger partial charge in [-0.25, -0.2) is 4.79 Å². The summed E-state index contributed by atoms with van der Waals surface area (Å²) in [6.45, 7) is 6.12. The van der Waals surface area contributed by atoms with Gasteiger partial charge in [-0.3, -0.25) is 19.8 Å². The van der Waals surface area contributed by atoms with E-state index in [2.05, 4.69) is 5.32 Å². The first-order valence-electron chi connectivity index (χ1n) is 9.17. The van der Waals surface area contributed by atoms with Crippen molar-refractivity contribution in [2.45, 2.75) is 33.6 Å². The number of barbiturate groups is 1. The molecular formula is C21H22ClN3O3. The first-order chi connectivity index (χ1) is 13.3. The number of amides is 4. The number of benzene rings is 1. The van der Waals surface area contributed by atoms with Crippen LogP contribution in [0, 0.1) is 13.8 Å². The van der Waals surface area contributed by atoms with Gasteiger partial charge in [0.05, 0.1) is 0 Å². The van der Waals surface area contributed by atoms with Crippen LogP contribution in [0.4, 0.5) is 4.79 Å². The van der Waals surface area contributed by atoms with Crippen LogP contribution >= 0.6 is 11.6 Å². The summed E-state index contributed by atoms with van der Waals surface area (Å²) in [5.74, 6) is -1.22. The highest BCUT2D eigenvalue weighted by Gasteiger charge is 2.35. The van der Waals surface area contributed by atoms with E-state index in [-0.39, 0.29) is 12.1 Å². The first-order valence-corrected chi connectivity index (χ1v) is 9.55. The van der Waals surface area contributed by atoms with E-state index in [1.165, 1.54) is 0 Å². The van der Waals surface area contributed by atoms with E-state index in [9.17, 15) is 14.4 Å². The second kappa shape index (κ2) is 8.02. The van der Waals surface area contributed by atoms with E-state index in [4.69, 9.17) is 11.6 Å². The van der Waals surface area contributed by atoms with Crippen molar-refractivity contribution in [3.63, 3.8) is 0 Å². The summed E-state index contributed by atoms with van der Waals surface area (Å²) in [5, 5.41) is 2.90. The molecule has 0 aliphatic carbocycles. The molecule has 1 aromatic heterocycles. The average molecular weight is 400 g/mol. The fourth-order valence-electron chi connectivity index (χ4n) is 3.29. The Labute approximate surface area is 168 Å². The van der Waals surface area contributed by atoms with Crippen LogP contribution in [0.3, 0.4) is 0 Å².